The number of rotatable bonds is 5. The average Bonchev–Trinajstić information content (AvgIpc) is 2.46. The summed E-state index contributed by atoms with van der Waals surface area (Å²) in [5, 5.41) is 8.74. The zero-order chi connectivity index (χ0) is 15.4. The summed E-state index contributed by atoms with van der Waals surface area (Å²) in [5.74, 6) is 0.954. The third-order valence-electron chi connectivity index (χ3n) is 4.58. The standard InChI is InChI=1S/C16H24N2O3/c1-3-11-5-4-6-12(9-11)15-17-10(2)13(16(21)18-15)7-8-14(19)20/h11-12H,3-9H2,1-2H3,(H,19,20)(H,17,18,21). The van der Waals surface area contributed by atoms with Crippen molar-refractivity contribution in [1.29, 1.82) is 0 Å². The Morgan fingerprint density at radius 3 is 2.81 bits per heavy atom. The molecule has 2 rings (SSSR count). The third kappa shape index (κ3) is 3.93. The van der Waals surface area contributed by atoms with E-state index in [4.69, 9.17) is 5.11 Å². The largest absolute Gasteiger partial charge is 0.481 e. The second-order valence-corrected chi connectivity index (χ2v) is 6.05. The van der Waals surface area contributed by atoms with Gasteiger partial charge in [0.2, 0.25) is 0 Å². The van der Waals surface area contributed by atoms with Crippen molar-refractivity contribution in [2.75, 3.05) is 0 Å². The van der Waals surface area contributed by atoms with Crippen molar-refractivity contribution in [1.82, 2.24) is 9.97 Å². The van der Waals surface area contributed by atoms with Gasteiger partial charge < -0.3 is 10.1 Å². The molecule has 116 valence electrons. The zero-order valence-corrected chi connectivity index (χ0v) is 12.8. The molecule has 5 nitrogen and oxygen atoms in total. The Morgan fingerprint density at radius 2 is 2.19 bits per heavy atom. The van der Waals surface area contributed by atoms with Crippen LogP contribution in [0.5, 0.6) is 0 Å². The number of hydrogen-bond donors (Lipinski definition) is 2. The molecule has 2 N–H and O–H groups in total. The van der Waals surface area contributed by atoms with Crippen LogP contribution in [0.3, 0.4) is 0 Å². The maximum absolute atomic E-state index is 12.2. The van der Waals surface area contributed by atoms with Crippen LogP contribution < -0.4 is 5.56 Å². The fraction of sp³-hybridized carbons (Fsp3) is 0.688. The smallest absolute Gasteiger partial charge is 0.303 e. The molecular formula is C16H24N2O3. The molecule has 0 spiro atoms. The second kappa shape index (κ2) is 6.87. The fourth-order valence-electron chi connectivity index (χ4n) is 3.26. The summed E-state index contributed by atoms with van der Waals surface area (Å²) < 4.78 is 0. The molecule has 0 saturated heterocycles. The van der Waals surface area contributed by atoms with E-state index in [9.17, 15) is 9.59 Å². The molecule has 0 radical (unpaired) electrons. The van der Waals surface area contributed by atoms with E-state index in [0.717, 1.165) is 24.6 Å². The van der Waals surface area contributed by atoms with Gasteiger partial charge in [-0.2, -0.15) is 0 Å². The van der Waals surface area contributed by atoms with Crippen molar-refractivity contribution in [3.63, 3.8) is 0 Å². The van der Waals surface area contributed by atoms with Gasteiger partial charge in [-0.25, -0.2) is 4.98 Å². The molecule has 0 bridgehead atoms. The Bertz CT molecular complexity index is 565. The lowest BCUT2D eigenvalue weighted by atomic mass is 9.80. The highest BCUT2D eigenvalue weighted by Gasteiger charge is 2.24. The van der Waals surface area contributed by atoms with Gasteiger partial charge in [-0.1, -0.05) is 26.2 Å². The van der Waals surface area contributed by atoms with E-state index < -0.39 is 5.97 Å². The van der Waals surface area contributed by atoms with Crippen LogP contribution in [-0.2, 0) is 11.2 Å². The second-order valence-electron chi connectivity index (χ2n) is 6.05. The number of H-pyrrole nitrogens is 1. The van der Waals surface area contributed by atoms with Crippen LogP contribution in [0.2, 0.25) is 0 Å². The van der Waals surface area contributed by atoms with E-state index in [1.807, 2.05) is 0 Å². The van der Waals surface area contributed by atoms with Gasteiger partial charge in [0.1, 0.15) is 5.82 Å². The van der Waals surface area contributed by atoms with Gasteiger partial charge in [0, 0.05) is 23.6 Å². The van der Waals surface area contributed by atoms with Crippen molar-refractivity contribution in [3.05, 3.63) is 27.4 Å². The minimum absolute atomic E-state index is 0.0354. The topological polar surface area (TPSA) is 83.0 Å². The number of aromatic amines is 1. The Kier molecular flexibility index (Phi) is 5.15. The lowest BCUT2D eigenvalue weighted by Gasteiger charge is -2.28. The van der Waals surface area contributed by atoms with E-state index >= 15 is 0 Å². The first-order valence-electron chi connectivity index (χ1n) is 7.82. The van der Waals surface area contributed by atoms with Crippen molar-refractivity contribution < 1.29 is 9.90 Å². The van der Waals surface area contributed by atoms with Gasteiger partial charge in [-0.15, -0.1) is 0 Å². The summed E-state index contributed by atoms with van der Waals surface area (Å²) in [6, 6.07) is 0. The number of hydrogen-bond acceptors (Lipinski definition) is 3. The first-order valence-corrected chi connectivity index (χ1v) is 7.82. The third-order valence-corrected chi connectivity index (χ3v) is 4.58. The van der Waals surface area contributed by atoms with Crippen molar-refractivity contribution in [3.8, 4) is 0 Å². The van der Waals surface area contributed by atoms with Gasteiger partial charge in [-0.05, 0) is 32.1 Å². The highest BCUT2D eigenvalue weighted by Crippen LogP contribution is 2.35. The molecule has 0 aliphatic heterocycles. The number of aliphatic carboxylic acids is 1. The van der Waals surface area contributed by atoms with Gasteiger partial charge in [0.05, 0.1) is 0 Å². The van der Waals surface area contributed by atoms with Gasteiger partial charge in [0.15, 0.2) is 0 Å². The SMILES string of the molecule is CCC1CCCC(c2nc(C)c(CCC(=O)O)c(=O)[nH]2)C1. The van der Waals surface area contributed by atoms with Crippen molar-refractivity contribution in [2.45, 2.75) is 64.7 Å². The zero-order valence-electron chi connectivity index (χ0n) is 12.8. The minimum Gasteiger partial charge on any atom is -0.481 e. The molecule has 0 aromatic carbocycles. The Labute approximate surface area is 124 Å². The summed E-state index contributed by atoms with van der Waals surface area (Å²) in [7, 11) is 0. The highest BCUT2D eigenvalue weighted by atomic mass is 16.4. The van der Waals surface area contributed by atoms with Gasteiger partial charge in [0.25, 0.3) is 5.56 Å². The fourth-order valence-corrected chi connectivity index (χ4v) is 3.26. The van der Waals surface area contributed by atoms with E-state index in [0.29, 0.717) is 17.2 Å². The van der Waals surface area contributed by atoms with Crippen LogP contribution in [-0.4, -0.2) is 21.0 Å². The monoisotopic (exact) mass is 292 g/mol. The molecule has 2 atom stereocenters. The van der Waals surface area contributed by atoms with Crippen LogP contribution in [0.25, 0.3) is 0 Å². The number of carbonyl (C=O) groups is 1. The number of nitrogens with zero attached hydrogens (tertiary/aromatic N) is 1. The number of carboxylic acid groups (broad SMARTS) is 1. The van der Waals surface area contributed by atoms with Crippen LogP contribution in [0.1, 0.15) is 68.4 Å². The molecule has 1 saturated carbocycles. The van der Waals surface area contributed by atoms with Crippen molar-refractivity contribution >= 4 is 5.97 Å². The van der Waals surface area contributed by atoms with Crippen LogP contribution in [0, 0.1) is 12.8 Å². The Hall–Kier alpha value is -1.65. The number of carboxylic acids is 1. The predicted octanol–water partition coefficient (Wildman–Crippen LogP) is 2.78. The Morgan fingerprint density at radius 1 is 1.43 bits per heavy atom. The molecular weight excluding hydrogens is 268 g/mol. The molecule has 21 heavy (non-hydrogen) atoms. The van der Waals surface area contributed by atoms with Crippen LogP contribution in [0.15, 0.2) is 4.79 Å². The lowest BCUT2D eigenvalue weighted by Crippen LogP contribution is -2.24. The number of aryl methyl sites for hydroxylation is 1. The minimum atomic E-state index is -0.893. The van der Waals surface area contributed by atoms with Gasteiger partial charge >= 0.3 is 5.97 Å². The summed E-state index contributed by atoms with van der Waals surface area (Å²) >= 11 is 0. The summed E-state index contributed by atoms with van der Waals surface area (Å²) in [6.45, 7) is 4.01. The molecule has 1 fully saturated rings. The lowest BCUT2D eigenvalue weighted by molar-refractivity contribution is -0.136. The molecule has 1 heterocycles. The molecule has 1 aromatic heterocycles. The molecule has 5 heteroatoms. The average molecular weight is 292 g/mol. The predicted molar refractivity (Wildman–Crippen MR) is 80.5 cm³/mol. The number of aromatic nitrogens is 2. The molecule has 1 aliphatic rings. The summed E-state index contributed by atoms with van der Waals surface area (Å²) in [6.07, 6.45) is 6.01. The first kappa shape index (κ1) is 15.7. The van der Waals surface area contributed by atoms with Crippen LogP contribution >= 0.6 is 0 Å². The molecule has 1 aromatic rings. The first-order chi connectivity index (χ1) is 10.0. The van der Waals surface area contributed by atoms with E-state index in [1.165, 1.54) is 19.3 Å². The normalized spacial score (nSPS) is 22.2. The quantitative estimate of drug-likeness (QED) is 0.874. The number of nitrogens with one attached hydrogen (secondary N) is 1. The Balaban J connectivity index is 2.19. The molecule has 0 amide bonds. The maximum atomic E-state index is 12.2. The summed E-state index contributed by atoms with van der Waals surface area (Å²) in [4.78, 5) is 30.3. The van der Waals surface area contributed by atoms with E-state index in [2.05, 4.69) is 16.9 Å². The summed E-state index contributed by atoms with van der Waals surface area (Å²) in [5.41, 5.74) is 1.01. The highest BCUT2D eigenvalue weighted by molar-refractivity contribution is 5.67. The van der Waals surface area contributed by atoms with Crippen molar-refractivity contribution in [2.24, 2.45) is 5.92 Å². The van der Waals surface area contributed by atoms with E-state index in [1.54, 1.807) is 6.92 Å². The molecule has 2 unspecified atom stereocenters. The van der Waals surface area contributed by atoms with Gasteiger partial charge in [-0.3, -0.25) is 9.59 Å². The molecule has 1 aliphatic carbocycles. The van der Waals surface area contributed by atoms with E-state index in [-0.39, 0.29) is 18.4 Å². The van der Waals surface area contributed by atoms with Crippen LogP contribution in [0.4, 0.5) is 0 Å². The maximum Gasteiger partial charge on any atom is 0.303 e.